The molecule has 2 heterocycles. The first-order chi connectivity index (χ1) is 15.8. The van der Waals surface area contributed by atoms with Gasteiger partial charge in [0.15, 0.2) is 0 Å². The average Bonchev–Trinajstić information content (AvgIpc) is 3.01. The van der Waals surface area contributed by atoms with Crippen LogP contribution in [0.15, 0.2) is 53.4 Å². The molecule has 8 nitrogen and oxygen atoms in total. The summed E-state index contributed by atoms with van der Waals surface area (Å²) in [5, 5.41) is 2.75. The van der Waals surface area contributed by atoms with Crippen molar-refractivity contribution in [2.24, 2.45) is 0 Å². The molecule has 0 aromatic heterocycles. The molecule has 0 radical (unpaired) electrons. The molecule has 0 spiro atoms. The molecule has 0 unspecified atom stereocenters. The number of imide groups is 1. The van der Waals surface area contributed by atoms with Crippen LogP contribution in [0.25, 0.3) is 0 Å². The van der Waals surface area contributed by atoms with E-state index in [1.807, 2.05) is 0 Å². The number of hydrogen-bond donors (Lipinski definition) is 1. The molecule has 1 N–H and O–H groups in total. The van der Waals surface area contributed by atoms with E-state index in [9.17, 15) is 22.8 Å². The third-order valence-corrected chi connectivity index (χ3v) is 7.90. The molecule has 0 atom stereocenters. The summed E-state index contributed by atoms with van der Waals surface area (Å²) in [6, 6.07) is 12.9. The summed E-state index contributed by atoms with van der Waals surface area (Å²) in [5.41, 5.74) is 1.53. The van der Waals surface area contributed by atoms with Crippen molar-refractivity contribution in [3.05, 3.63) is 59.7 Å². The molecule has 174 valence electrons. The fraction of sp³-hybridized carbons (Fsp3) is 0.375. The number of carbonyl (C=O) groups excluding carboxylic acids is 3. The number of benzene rings is 2. The normalized spacial score (nSPS) is 17.8. The molecule has 0 saturated carbocycles. The quantitative estimate of drug-likeness (QED) is 0.655. The summed E-state index contributed by atoms with van der Waals surface area (Å²) in [5.74, 6) is -0.743. The maximum Gasteiger partial charge on any atom is 0.255 e. The summed E-state index contributed by atoms with van der Waals surface area (Å²) in [7, 11) is -3.61. The molecule has 4 rings (SSSR count). The highest BCUT2D eigenvalue weighted by molar-refractivity contribution is 7.89. The predicted octanol–water partition coefficient (Wildman–Crippen LogP) is 3.15. The number of amides is 3. The van der Waals surface area contributed by atoms with Gasteiger partial charge in [0.25, 0.3) is 5.91 Å². The number of likely N-dealkylation sites (tertiary alicyclic amines) is 1. The van der Waals surface area contributed by atoms with Gasteiger partial charge in [-0.25, -0.2) is 8.42 Å². The Balaban J connectivity index is 1.43. The van der Waals surface area contributed by atoms with Gasteiger partial charge in [-0.1, -0.05) is 31.0 Å². The fourth-order valence-electron chi connectivity index (χ4n) is 4.11. The Bertz CT molecular complexity index is 1140. The van der Waals surface area contributed by atoms with Crippen LogP contribution in [-0.2, 0) is 26.2 Å². The average molecular weight is 470 g/mol. The van der Waals surface area contributed by atoms with E-state index >= 15 is 0 Å². The second kappa shape index (κ2) is 9.84. The molecule has 2 fully saturated rings. The Kier molecular flexibility index (Phi) is 6.90. The van der Waals surface area contributed by atoms with Crippen molar-refractivity contribution in [2.75, 3.05) is 18.4 Å². The number of anilines is 1. The molecule has 2 aliphatic heterocycles. The van der Waals surface area contributed by atoms with Crippen LogP contribution >= 0.6 is 0 Å². The topological polar surface area (TPSA) is 104 Å². The molecule has 9 heteroatoms. The van der Waals surface area contributed by atoms with E-state index in [-0.39, 0.29) is 42.0 Å². The first-order valence-electron chi connectivity index (χ1n) is 11.2. The smallest absolute Gasteiger partial charge is 0.255 e. The Labute approximate surface area is 193 Å². The van der Waals surface area contributed by atoms with Crippen LogP contribution in [0.4, 0.5) is 5.69 Å². The van der Waals surface area contributed by atoms with Crippen molar-refractivity contribution in [1.82, 2.24) is 9.21 Å². The van der Waals surface area contributed by atoms with Crippen molar-refractivity contribution in [2.45, 2.75) is 50.0 Å². The van der Waals surface area contributed by atoms with Crippen LogP contribution in [0.2, 0.25) is 0 Å². The van der Waals surface area contributed by atoms with Crippen LogP contribution in [0.1, 0.15) is 54.4 Å². The van der Waals surface area contributed by atoms with Crippen molar-refractivity contribution >= 4 is 33.4 Å². The molecular weight excluding hydrogens is 442 g/mol. The van der Waals surface area contributed by atoms with Crippen LogP contribution < -0.4 is 5.32 Å². The summed E-state index contributed by atoms with van der Waals surface area (Å²) in [4.78, 5) is 37.6. The molecule has 0 aliphatic carbocycles. The highest BCUT2D eigenvalue weighted by Crippen LogP contribution is 2.23. The SMILES string of the molecule is O=C(Nc1cccc(S(=O)(=O)N2CCCCCC2)c1)c1ccc(CN2C(=O)CCC2=O)cc1. The van der Waals surface area contributed by atoms with Gasteiger partial charge >= 0.3 is 0 Å². The number of carbonyl (C=O) groups is 3. The van der Waals surface area contributed by atoms with Gasteiger partial charge in [-0.15, -0.1) is 0 Å². The van der Waals surface area contributed by atoms with E-state index < -0.39 is 10.0 Å². The summed E-state index contributed by atoms with van der Waals surface area (Å²) in [6.07, 6.45) is 4.26. The zero-order valence-corrected chi connectivity index (χ0v) is 19.1. The first-order valence-corrected chi connectivity index (χ1v) is 12.6. The van der Waals surface area contributed by atoms with Crippen molar-refractivity contribution in [3.8, 4) is 0 Å². The minimum atomic E-state index is -3.61. The largest absolute Gasteiger partial charge is 0.322 e. The van der Waals surface area contributed by atoms with Gasteiger partial charge in [0.1, 0.15) is 0 Å². The van der Waals surface area contributed by atoms with Crippen molar-refractivity contribution in [1.29, 1.82) is 0 Å². The number of nitrogens with zero attached hydrogens (tertiary/aromatic N) is 2. The Morgan fingerprint density at radius 3 is 2.15 bits per heavy atom. The molecule has 0 bridgehead atoms. The van der Waals surface area contributed by atoms with Gasteiger partial charge < -0.3 is 5.32 Å². The zero-order chi connectivity index (χ0) is 23.4. The predicted molar refractivity (Wildman–Crippen MR) is 123 cm³/mol. The minimum absolute atomic E-state index is 0.164. The zero-order valence-electron chi connectivity index (χ0n) is 18.3. The van der Waals surface area contributed by atoms with Crippen molar-refractivity contribution in [3.63, 3.8) is 0 Å². The summed E-state index contributed by atoms with van der Waals surface area (Å²) >= 11 is 0. The van der Waals surface area contributed by atoms with Crippen molar-refractivity contribution < 1.29 is 22.8 Å². The lowest BCUT2D eigenvalue weighted by Gasteiger charge is -2.20. The Morgan fingerprint density at radius 2 is 1.52 bits per heavy atom. The maximum absolute atomic E-state index is 13.0. The van der Waals surface area contributed by atoms with E-state index in [1.54, 1.807) is 42.5 Å². The van der Waals surface area contributed by atoms with Gasteiger partial charge in [-0.05, 0) is 48.7 Å². The number of nitrogens with one attached hydrogen (secondary N) is 1. The number of hydrogen-bond acceptors (Lipinski definition) is 5. The van der Waals surface area contributed by atoms with Gasteiger partial charge in [-0.2, -0.15) is 4.31 Å². The lowest BCUT2D eigenvalue weighted by molar-refractivity contribution is -0.139. The Hall–Kier alpha value is -3.04. The minimum Gasteiger partial charge on any atom is -0.322 e. The molecule has 2 aliphatic rings. The maximum atomic E-state index is 13.0. The third kappa shape index (κ3) is 5.31. The monoisotopic (exact) mass is 469 g/mol. The Morgan fingerprint density at radius 1 is 0.879 bits per heavy atom. The summed E-state index contributed by atoms with van der Waals surface area (Å²) in [6.45, 7) is 1.22. The molecule has 2 saturated heterocycles. The van der Waals surface area contributed by atoms with E-state index in [4.69, 9.17) is 0 Å². The number of sulfonamides is 1. The third-order valence-electron chi connectivity index (χ3n) is 6.01. The number of rotatable bonds is 6. The molecule has 2 aromatic carbocycles. The molecular formula is C24H27N3O5S. The second-order valence-electron chi connectivity index (χ2n) is 8.37. The van der Waals surface area contributed by atoms with E-state index in [1.165, 1.54) is 15.3 Å². The van der Waals surface area contributed by atoms with Crippen LogP contribution in [0.3, 0.4) is 0 Å². The highest BCUT2D eigenvalue weighted by atomic mass is 32.2. The molecule has 2 aromatic rings. The standard InChI is InChI=1S/C24H27N3O5S/c28-22-12-13-23(29)27(22)17-18-8-10-19(11-9-18)24(30)25-20-6-5-7-21(16-20)33(31,32)26-14-3-1-2-4-15-26/h5-11,16H,1-4,12-15,17H2,(H,25,30). The van der Waals surface area contributed by atoms with Gasteiger partial charge in [0.05, 0.1) is 11.4 Å². The summed E-state index contributed by atoms with van der Waals surface area (Å²) < 4.78 is 27.6. The van der Waals surface area contributed by atoms with Gasteiger partial charge in [0, 0.05) is 37.2 Å². The lowest BCUT2D eigenvalue weighted by Crippen LogP contribution is -2.32. The van der Waals surface area contributed by atoms with E-state index in [2.05, 4.69) is 5.32 Å². The molecule has 33 heavy (non-hydrogen) atoms. The van der Waals surface area contributed by atoms with Crippen LogP contribution in [0, 0.1) is 0 Å². The highest BCUT2D eigenvalue weighted by Gasteiger charge is 2.29. The van der Waals surface area contributed by atoms with Gasteiger partial charge in [0.2, 0.25) is 21.8 Å². The lowest BCUT2D eigenvalue weighted by atomic mass is 10.1. The van der Waals surface area contributed by atoms with Gasteiger partial charge in [-0.3, -0.25) is 19.3 Å². The van der Waals surface area contributed by atoms with E-state index in [0.29, 0.717) is 24.3 Å². The van der Waals surface area contributed by atoms with Crippen LogP contribution in [0.5, 0.6) is 0 Å². The first kappa shape index (κ1) is 23.1. The van der Waals surface area contributed by atoms with E-state index in [0.717, 1.165) is 31.2 Å². The van der Waals surface area contributed by atoms with Crippen LogP contribution in [-0.4, -0.2) is 48.4 Å². The molecule has 3 amide bonds. The fourth-order valence-corrected chi connectivity index (χ4v) is 5.68. The second-order valence-corrected chi connectivity index (χ2v) is 10.3.